The number of nitrogens with zero attached hydrogens (tertiary/aromatic N) is 4. The molecule has 10 heteroatoms. The number of esters is 1. The van der Waals surface area contributed by atoms with Gasteiger partial charge in [-0.2, -0.15) is 0 Å². The van der Waals surface area contributed by atoms with E-state index < -0.39 is 0 Å². The fraction of sp³-hybridized carbons (Fsp3) is 0.316. The van der Waals surface area contributed by atoms with Crippen molar-refractivity contribution in [3.05, 3.63) is 97.7 Å². The number of hydrogen-bond donors (Lipinski definition) is 2. The van der Waals surface area contributed by atoms with E-state index in [1.54, 1.807) is 0 Å². The number of aromatic nitrogens is 2. The standard InChI is InChI=1S/C38H42N6O4/c1-3-34(45)40-31-8-5-7-28(25-31)36-27(12-17-33-9-6-23-47-33)10-11-29-26-39-38(42-37(29)36)41-30-13-15-32(16-14-30)44-20-18-43(19-21-44)22-24-48-35(46)4-2/h3-5,7-8,10-11,13-16,25-26,33H,1-2,6,9,12,17-24H2,(H,40,45)(H,39,41,42). The summed E-state index contributed by atoms with van der Waals surface area (Å²) in [5.41, 5.74) is 6.76. The summed E-state index contributed by atoms with van der Waals surface area (Å²) in [6.45, 7) is 12.5. The molecule has 10 nitrogen and oxygen atoms in total. The fourth-order valence-corrected chi connectivity index (χ4v) is 6.31. The average Bonchev–Trinajstić information content (AvgIpc) is 3.65. The number of carbonyl (C=O) groups excluding carboxylic acids is 2. The van der Waals surface area contributed by atoms with Gasteiger partial charge in [-0.1, -0.05) is 37.4 Å². The molecule has 1 unspecified atom stereocenters. The number of fused-ring (bicyclic) bond motifs is 1. The molecule has 3 heterocycles. The summed E-state index contributed by atoms with van der Waals surface area (Å²) in [5.74, 6) is -0.128. The van der Waals surface area contributed by atoms with Crippen LogP contribution in [0.1, 0.15) is 24.8 Å². The fourth-order valence-electron chi connectivity index (χ4n) is 6.31. The molecule has 2 saturated heterocycles. The minimum atomic E-state index is -0.382. The molecule has 1 amide bonds. The number of benzene rings is 3. The lowest BCUT2D eigenvalue weighted by atomic mass is 9.92. The van der Waals surface area contributed by atoms with Gasteiger partial charge in [-0.15, -0.1) is 0 Å². The Bertz CT molecular complexity index is 1760. The molecule has 2 fully saturated rings. The van der Waals surface area contributed by atoms with Gasteiger partial charge in [0.1, 0.15) is 6.61 Å². The smallest absolute Gasteiger partial charge is 0.330 e. The zero-order valence-corrected chi connectivity index (χ0v) is 27.2. The molecule has 0 radical (unpaired) electrons. The summed E-state index contributed by atoms with van der Waals surface area (Å²) < 4.78 is 11.1. The number of aryl methyl sites for hydroxylation is 1. The van der Waals surface area contributed by atoms with Gasteiger partial charge >= 0.3 is 5.97 Å². The Morgan fingerprint density at radius 3 is 2.58 bits per heavy atom. The molecular formula is C38H42N6O4. The molecule has 1 atom stereocenters. The molecule has 248 valence electrons. The van der Waals surface area contributed by atoms with Gasteiger partial charge in [0.15, 0.2) is 0 Å². The zero-order valence-electron chi connectivity index (χ0n) is 27.2. The highest BCUT2D eigenvalue weighted by atomic mass is 16.5. The van der Waals surface area contributed by atoms with E-state index in [2.05, 4.69) is 81.0 Å². The highest BCUT2D eigenvalue weighted by Gasteiger charge is 2.20. The van der Waals surface area contributed by atoms with Crippen LogP contribution in [-0.4, -0.2) is 78.8 Å². The normalized spacial score (nSPS) is 16.4. The molecule has 6 rings (SSSR count). The summed E-state index contributed by atoms with van der Waals surface area (Å²) in [4.78, 5) is 37.7. The van der Waals surface area contributed by atoms with Crippen molar-refractivity contribution in [2.24, 2.45) is 0 Å². The molecule has 2 aliphatic rings. The first-order valence-corrected chi connectivity index (χ1v) is 16.6. The lowest BCUT2D eigenvalue weighted by molar-refractivity contribution is -0.138. The van der Waals surface area contributed by atoms with Crippen molar-refractivity contribution >= 4 is 45.8 Å². The Kier molecular flexibility index (Phi) is 10.7. The molecule has 3 aromatic carbocycles. The predicted molar refractivity (Wildman–Crippen MR) is 191 cm³/mol. The highest BCUT2D eigenvalue weighted by molar-refractivity contribution is 6.00. The second-order valence-corrected chi connectivity index (χ2v) is 12.1. The minimum absolute atomic E-state index is 0.255. The summed E-state index contributed by atoms with van der Waals surface area (Å²) in [7, 11) is 0. The van der Waals surface area contributed by atoms with E-state index in [-0.39, 0.29) is 18.0 Å². The predicted octanol–water partition coefficient (Wildman–Crippen LogP) is 6.13. The van der Waals surface area contributed by atoms with E-state index in [1.807, 2.05) is 24.4 Å². The third kappa shape index (κ3) is 8.26. The minimum Gasteiger partial charge on any atom is -0.461 e. The molecule has 1 aromatic heterocycles. The molecule has 2 aliphatic heterocycles. The van der Waals surface area contributed by atoms with E-state index in [9.17, 15) is 9.59 Å². The molecular weight excluding hydrogens is 604 g/mol. The van der Waals surface area contributed by atoms with Gasteiger partial charge < -0.3 is 25.0 Å². The van der Waals surface area contributed by atoms with Gasteiger partial charge in [0.2, 0.25) is 11.9 Å². The van der Waals surface area contributed by atoms with Gasteiger partial charge in [0.05, 0.1) is 11.6 Å². The first-order chi connectivity index (χ1) is 23.5. The van der Waals surface area contributed by atoms with Crippen LogP contribution in [0, 0.1) is 0 Å². The summed E-state index contributed by atoms with van der Waals surface area (Å²) in [6.07, 6.45) is 8.58. The van der Waals surface area contributed by atoms with Gasteiger partial charge in [-0.05, 0) is 79.3 Å². The molecule has 48 heavy (non-hydrogen) atoms. The molecule has 4 aromatic rings. The third-order valence-electron chi connectivity index (χ3n) is 8.88. The maximum atomic E-state index is 12.1. The number of carbonyl (C=O) groups is 2. The van der Waals surface area contributed by atoms with Gasteiger partial charge in [-0.25, -0.2) is 14.8 Å². The van der Waals surface area contributed by atoms with E-state index in [1.165, 1.54) is 17.7 Å². The van der Waals surface area contributed by atoms with Crippen molar-refractivity contribution in [1.29, 1.82) is 0 Å². The average molecular weight is 647 g/mol. The van der Waals surface area contributed by atoms with Crippen molar-refractivity contribution in [2.45, 2.75) is 31.8 Å². The van der Waals surface area contributed by atoms with Crippen molar-refractivity contribution in [2.75, 3.05) is 61.5 Å². The molecule has 0 spiro atoms. The van der Waals surface area contributed by atoms with E-state index in [0.29, 0.717) is 18.2 Å². The van der Waals surface area contributed by atoms with Crippen LogP contribution < -0.4 is 15.5 Å². The third-order valence-corrected chi connectivity index (χ3v) is 8.88. The van der Waals surface area contributed by atoms with Crippen molar-refractivity contribution in [3.63, 3.8) is 0 Å². The number of piperazine rings is 1. The van der Waals surface area contributed by atoms with Crippen LogP contribution in [0.5, 0.6) is 0 Å². The summed E-state index contributed by atoms with van der Waals surface area (Å²) >= 11 is 0. The topological polar surface area (TPSA) is 109 Å². The number of hydrogen-bond acceptors (Lipinski definition) is 9. The van der Waals surface area contributed by atoms with Crippen molar-refractivity contribution < 1.29 is 19.1 Å². The number of ether oxygens (including phenoxy) is 2. The molecule has 0 aliphatic carbocycles. The first-order valence-electron chi connectivity index (χ1n) is 16.6. The van der Waals surface area contributed by atoms with E-state index in [4.69, 9.17) is 14.5 Å². The molecule has 0 bridgehead atoms. The summed E-state index contributed by atoms with van der Waals surface area (Å²) in [5, 5.41) is 7.23. The maximum absolute atomic E-state index is 12.1. The second-order valence-electron chi connectivity index (χ2n) is 12.1. The Hall–Kier alpha value is -5.06. The number of amides is 1. The first kappa shape index (κ1) is 32.9. The van der Waals surface area contributed by atoms with Crippen LogP contribution in [0.3, 0.4) is 0 Å². The quantitative estimate of drug-likeness (QED) is 0.131. The lowest BCUT2D eigenvalue weighted by Crippen LogP contribution is -2.47. The number of rotatable bonds is 13. The Balaban J connectivity index is 1.19. The highest BCUT2D eigenvalue weighted by Crippen LogP contribution is 2.35. The Morgan fingerprint density at radius 2 is 1.83 bits per heavy atom. The van der Waals surface area contributed by atoms with Gasteiger partial charge in [0.25, 0.3) is 0 Å². The molecule has 0 saturated carbocycles. The monoisotopic (exact) mass is 646 g/mol. The number of anilines is 4. The van der Waals surface area contributed by atoms with Gasteiger partial charge in [-0.3, -0.25) is 9.69 Å². The van der Waals surface area contributed by atoms with Crippen LogP contribution >= 0.6 is 0 Å². The van der Waals surface area contributed by atoms with E-state index in [0.717, 1.165) is 98.4 Å². The van der Waals surface area contributed by atoms with Gasteiger partial charge in [0, 0.05) is 79.6 Å². The van der Waals surface area contributed by atoms with Crippen molar-refractivity contribution in [3.8, 4) is 11.1 Å². The summed E-state index contributed by atoms with van der Waals surface area (Å²) in [6, 6.07) is 20.4. The second kappa shape index (κ2) is 15.7. The molecule has 2 N–H and O–H groups in total. The SMILES string of the molecule is C=CC(=O)Nc1cccc(-c2c(CCC3CCCO3)ccc3cnc(Nc4ccc(N5CCN(CCOC(=O)C=C)CC5)cc4)nc23)c1. The zero-order chi connectivity index (χ0) is 33.3. The van der Waals surface area contributed by atoms with Crippen molar-refractivity contribution in [1.82, 2.24) is 14.9 Å². The van der Waals surface area contributed by atoms with Crippen LogP contribution in [0.15, 0.2) is 92.2 Å². The largest absolute Gasteiger partial charge is 0.461 e. The maximum Gasteiger partial charge on any atom is 0.330 e. The van der Waals surface area contributed by atoms with Crippen LogP contribution in [0.25, 0.3) is 22.0 Å². The van der Waals surface area contributed by atoms with Crippen LogP contribution in [-0.2, 0) is 25.5 Å². The van der Waals surface area contributed by atoms with E-state index >= 15 is 0 Å². The van der Waals surface area contributed by atoms with Crippen LogP contribution in [0.2, 0.25) is 0 Å². The Labute approximate surface area is 281 Å². The number of nitrogens with one attached hydrogen (secondary N) is 2. The van der Waals surface area contributed by atoms with Crippen LogP contribution in [0.4, 0.5) is 23.0 Å². The Morgan fingerprint density at radius 1 is 1.00 bits per heavy atom. The lowest BCUT2D eigenvalue weighted by Gasteiger charge is -2.36.